The molecular weight excluding hydrogens is 1260 g/mol. The van der Waals surface area contributed by atoms with Gasteiger partial charge in [-0.2, -0.15) is 35.3 Å². The summed E-state index contributed by atoms with van der Waals surface area (Å²) in [4.78, 5) is 185. The van der Waals surface area contributed by atoms with Gasteiger partial charge in [0.2, 0.25) is 59.1 Å². The molecule has 1 aromatic carbocycles. The lowest BCUT2D eigenvalue weighted by Gasteiger charge is -2.31. The van der Waals surface area contributed by atoms with Crippen molar-refractivity contribution < 1.29 is 87.1 Å². The van der Waals surface area contributed by atoms with Crippen molar-refractivity contribution in [3.63, 3.8) is 0 Å². The predicted octanol–water partition coefficient (Wildman–Crippen LogP) is -7.17. The van der Waals surface area contributed by atoms with Crippen LogP contribution in [0.15, 0.2) is 23.4 Å². The highest BCUT2D eigenvalue weighted by Crippen LogP contribution is 2.27. The van der Waals surface area contributed by atoms with Crippen LogP contribution in [0, 0.1) is 5.92 Å². The van der Waals surface area contributed by atoms with Gasteiger partial charge < -0.3 is 87.9 Å². The molecule has 35 heteroatoms. The molecule has 0 aromatic heterocycles. The van der Waals surface area contributed by atoms with E-state index in [1.165, 1.54) is 61.0 Å². The van der Waals surface area contributed by atoms with Crippen molar-refractivity contribution in [2.75, 3.05) is 56.4 Å². The molecule has 0 radical (unpaired) electrons. The van der Waals surface area contributed by atoms with Crippen molar-refractivity contribution in [3.8, 4) is 5.75 Å². The monoisotopic (exact) mass is 1350 g/mol. The van der Waals surface area contributed by atoms with Crippen LogP contribution in [0.4, 0.5) is 0 Å². The van der Waals surface area contributed by atoms with Crippen molar-refractivity contribution >= 4 is 124 Å². The fourth-order valence-electron chi connectivity index (χ4n) is 9.63. The lowest BCUT2D eigenvalue weighted by atomic mass is 10.0. The first-order valence-electron chi connectivity index (χ1n) is 30.1. The maximum atomic E-state index is 15.1. The first-order valence-corrected chi connectivity index (χ1v) is 33.8. The van der Waals surface area contributed by atoms with Crippen LogP contribution >= 0.6 is 35.3 Å². The summed E-state index contributed by atoms with van der Waals surface area (Å²) >= 11 is 3.71. The number of nitrogens with one attached hydrogen (secondary N) is 10. The molecule has 11 amide bonds. The second-order valence-electron chi connectivity index (χ2n) is 22.3. The van der Waals surface area contributed by atoms with Crippen molar-refractivity contribution in [3.05, 3.63) is 29.3 Å². The average molecular weight is 1350 g/mol. The molecular formula is C57H86N15O17S3-. The third kappa shape index (κ3) is 27.4. The van der Waals surface area contributed by atoms with Gasteiger partial charge in [0, 0.05) is 47.9 Å². The van der Waals surface area contributed by atoms with Gasteiger partial charge in [0.1, 0.15) is 72.9 Å². The molecule has 3 aliphatic rings. The first-order chi connectivity index (χ1) is 43.8. The number of amides is 11. The molecule has 1 fully saturated rings. The average Bonchev–Trinajstić information content (AvgIpc) is 1.62. The highest BCUT2D eigenvalue weighted by Gasteiger charge is 2.41. The molecule has 3 heterocycles. The topological polar surface area (TPSA) is 502 Å². The van der Waals surface area contributed by atoms with Gasteiger partial charge in [0.15, 0.2) is 0 Å². The molecule has 1 aromatic rings. The van der Waals surface area contributed by atoms with Crippen LogP contribution in [0.25, 0.3) is 0 Å². The number of nitrogens with two attached hydrogens (primary N) is 3. The Morgan fingerprint density at radius 1 is 0.707 bits per heavy atom. The number of ether oxygens (including phenoxy) is 1. The molecule has 4 bridgehead atoms. The third-order valence-electron chi connectivity index (χ3n) is 14.5. The summed E-state index contributed by atoms with van der Waals surface area (Å²) < 4.78 is 6.23. The fourth-order valence-corrected chi connectivity index (χ4v) is 12.1. The van der Waals surface area contributed by atoms with E-state index in [4.69, 9.17) is 26.8 Å². The minimum atomic E-state index is -1.90. The SMILES string of the molecule is CSCC[C@@H]1NC(=O)[C@@H]2CCCN2C(=O)[C@@H]2CSCc3cc(cc(c3)OCCCCCCO/N=C/C(=O)N[C@@H](CCC[NH+]=C(N)N)C(=O)N2)CSC[C@@H](C(N)=O)NC(=O)[C@H](CCC(=O)[O-])NC(=O)CNC(=O)[C@H](C)NC(=O)[C@H](C(C)C)NC(=O)[C@H](CC(=O)[O-])NC1=O. The van der Waals surface area contributed by atoms with Gasteiger partial charge in [0.25, 0.3) is 5.91 Å². The van der Waals surface area contributed by atoms with Gasteiger partial charge in [-0.15, -0.1) is 0 Å². The number of carboxylic acids is 2. The number of aliphatic carboxylic acids is 2. The zero-order valence-corrected chi connectivity index (χ0v) is 54.4. The smallest absolute Gasteiger partial charge is 0.338 e. The summed E-state index contributed by atoms with van der Waals surface area (Å²) in [6, 6.07) is -7.58. The Kier molecular flexibility index (Phi) is 33.2. The molecule has 16 N–H and O–H groups in total. The standard InChI is InChI=1S/C57H87N15O17S3/c1-31(2)47-55(86)64-32(3)49(80)62-25-43(73)66-37(13-14-45(75)76)51(82)69-40(48(58)79)29-91-27-33-21-34-23-35(22-33)88-18-7-5-6-8-19-89-63-26-44(74)65-36(11-9-16-61-57(59)60)50(81)70-41(30-92-28-34)56(87)72-17-10-12-42(72)54(85)67-38(15-20-90-4)52(83)68-39(24-46(77)78)53(84)71-47/h21-23,26,31-32,36-42,47H,5-20,24-25,27-30H2,1-4H3,(H2,58,79)(H,62,80)(H,64,86)(H,65,74)(H,66,73)(H,67,85)(H,68,83)(H,69,82)(H,70,81)(H,71,84)(H,75,76)(H,77,78)(H4,59,60,61)/p-1/b63-26+/t32-,36-,37-,38-,39-,40-,41-,42-,47-/m0/s1. The maximum Gasteiger partial charge on any atom is 0.338 e. The number of carbonyl (C=O) groups is 13. The van der Waals surface area contributed by atoms with E-state index in [0.717, 1.165) is 19.1 Å². The van der Waals surface area contributed by atoms with Gasteiger partial charge in [-0.25, -0.2) is 0 Å². The number of nitrogens with zero attached hydrogens (tertiary/aromatic N) is 2. The van der Waals surface area contributed by atoms with Gasteiger partial charge in [-0.1, -0.05) is 25.1 Å². The molecule has 0 saturated carbocycles. The highest BCUT2D eigenvalue weighted by molar-refractivity contribution is 7.99. The van der Waals surface area contributed by atoms with Gasteiger partial charge in [0.05, 0.1) is 19.7 Å². The number of carbonyl (C=O) groups excluding carboxylic acids is 13. The summed E-state index contributed by atoms with van der Waals surface area (Å²) in [6.45, 7) is 4.17. The number of oxime groups is 1. The second kappa shape index (κ2) is 40.0. The molecule has 3 aliphatic heterocycles. The van der Waals surface area contributed by atoms with Crippen LogP contribution in [-0.2, 0) is 78.7 Å². The van der Waals surface area contributed by atoms with E-state index < -0.39 is 163 Å². The number of hydrogen-bond donors (Lipinski definition) is 13. The summed E-state index contributed by atoms with van der Waals surface area (Å²) in [5.41, 5.74) is 18.3. The zero-order chi connectivity index (χ0) is 67.9. The Morgan fingerprint density at radius 2 is 1.34 bits per heavy atom. The lowest BCUT2D eigenvalue weighted by Crippen LogP contribution is -2.78. The van der Waals surface area contributed by atoms with Crippen LogP contribution in [0.5, 0.6) is 5.75 Å². The van der Waals surface area contributed by atoms with E-state index >= 15 is 4.79 Å². The van der Waals surface area contributed by atoms with E-state index in [0.29, 0.717) is 42.7 Å². The zero-order valence-electron chi connectivity index (χ0n) is 51.9. The minimum absolute atomic E-state index is 0.0108. The molecule has 9 atom stereocenters. The Balaban J connectivity index is 1.81. The number of hydrogen-bond acceptors (Lipinski definition) is 21. The number of rotatable bonds is 14. The number of benzene rings is 1. The second-order valence-corrected chi connectivity index (χ2v) is 25.4. The van der Waals surface area contributed by atoms with Crippen LogP contribution in [0.1, 0.15) is 109 Å². The quantitative estimate of drug-likeness (QED) is 0.0468. The molecule has 4 rings (SSSR count). The van der Waals surface area contributed by atoms with Crippen LogP contribution in [0.3, 0.4) is 0 Å². The van der Waals surface area contributed by atoms with Crippen LogP contribution in [-0.4, -0.2) is 205 Å². The third-order valence-corrected chi connectivity index (χ3v) is 17.3. The Labute approximate surface area is 545 Å². The van der Waals surface area contributed by atoms with Crippen molar-refractivity contribution in [1.82, 2.24) is 52.8 Å². The van der Waals surface area contributed by atoms with E-state index in [1.54, 1.807) is 18.4 Å². The number of carboxylic acid groups (broad SMARTS) is 2. The van der Waals surface area contributed by atoms with Crippen molar-refractivity contribution in [2.45, 2.75) is 164 Å². The number of thioether (sulfide) groups is 3. The minimum Gasteiger partial charge on any atom is -0.550 e. The summed E-state index contributed by atoms with van der Waals surface area (Å²) in [5.74, 6) is -13.3. The largest absolute Gasteiger partial charge is 0.550 e. The maximum absolute atomic E-state index is 15.1. The van der Waals surface area contributed by atoms with Gasteiger partial charge >= 0.3 is 5.96 Å². The first kappa shape index (κ1) is 76.4. The van der Waals surface area contributed by atoms with Crippen molar-refractivity contribution in [2.24, 2.45) is 28.3 Å². The molecule has 92 heavy (non-hydrogen) atoms. The summed E-state index contributed by atoms with van der Waals surface area (Å²) in [5, 5.41) is 49.8. The molecule has 0 spiro atoms. The fraction of sp³-hybridized carbons (Fsp3) is 0.632. The van der Waals surface area contributed by atoms with Gasteiger partial charge in [-0.3, -0.25) is 69.2 Å². The molecule has 0 aliphatic carbocycles. The normalized spacial score (nSPS) is 25.4. The highest BCUT2D eigenvalue weighted by atomic mass is 32.2. The Hall–Kier alpha value is -8.08. The van der Waals surface area contributed by atoms with E-state index in [-0.39, 0.29) is 80.1 Å². The van der Waals surface area contributed by atoms with Crippen LogP contribution in [0.2, 0.25) is 0 Å². The molecule has 1 saturated heterocycles. The number of guanidine groups is 1. The summed E-state index contributed by atoms with van der Waals surface area (Å²) in [7, 11) is 0. The van der Waals surface area contributed by atoms with Gasteiger partial charge in [-0.05, 0) is 119 Å². The molecule has 32 nitrogen and oxygen atoms in total. The van der Waals surface area contributed by atoms with Crippen molar-refractivity contribution in [1.29, 1.82) is 0 Å². The van der Waals surface area contributed by atoms with E-state index in [9.17, 15) is 67.7 Å². The van der Waals surface area contributed by atoms with Crippen LogP contribution < -0.4 is 85.0 Å². The van der Waals surface area contributed by atoms with E-state index in [2.05, 4.69) is 58.0 Å². The predicted molar refractivity (Wildman–Crippen MR) is 335 cm³/mol. The molecule has 0 unspecified atom stereocenters. The lowest BCUT2D eigenvalue weighted by molar-refractivity contribution is -0.459. The Morgan fingerprint density at radius 3 is 1.99 bits per heavy atom. The number of primary amides is 1. The summed E-state index contributed by atoms with van der Waals surface area (Å²) in [6.07, 6.45) is 3.60. The number of fused-ring (bicyclic) bond motifs is 6. The Bertz CT molecular complexity index is 2830. The molecule has 510 valence electrons. The van der Waals surface area contributed by atoms with E-state index in [1.807, 2.05) is 6.07 Å².